The molecule has 1 aliphatic carbocycles. The van der Waals surface area contributed by atoms with E-state index in [2.05, 4.69) is 11.4 Å². The molecule has 3 heteroatoms. The fourth-order valence-electron chi connectivity index (χ4n) is 2.17. The Labute approximate surface area is 102 Å². The van der Waals surface area contributed by atoms with Crippen molar-refractivity contribution in [3.05, 3.63) is 35.7 Å². The third-order valence-electron chi connectivity index (χ3n) is 3.16. The minimum atomic E-state index is -0.251. The molecule has 2 nitrogen and oxygen atoms in total. The lowest BCUT2D eigenvalue weighted by Gasteiger charge is -2.14. The fourth-order valence-corrected chi connectivity index (χ4v) is 2.17. The molecule has 0 saturated heterocycles. The van der Waals surface area contributed by atoms with Crippen LogP contribution in [0.3, 0.4) is 0 Å². The average Bonchev–Trinajstić information content (AvgIpc) is 2.35. The first-order valence-electron chi connectivity index (χ1n) is 6.22. The Morgan fingerprint density at radius 1 is 1.29 bits per heavy atom. The summed E-state index contributed by atoms with van der Waals surface area (Å²) in [5.41, 5.74) is 8.57. The highest BCUT2D eigenvalue weighted by Crippen LogP contribution is 2.22. The van der Waals surface area contributed by atoms with Crippen molar-refractivity contribution in [1.29, 1.82) is 0 Å². The van der Waals surface area contributed by atoms with Crippen molar-refractivity contribution in [2.75, 3.05) is 17.6 Å². The zero-order valence-electron chi connectivity index (χ0n) is 10.0. The van der Waals surface area contributed by atoms with E-state index in [1.54, 1.807) is 6.07 Å². The van der Waals surface area contributed by atoms with Crippen LogP contribution in [0.25, 0.3) is 0 Å². The van der Waals surface area contributed by atoms with Gasteiger partial charge in [-0.25, -0.2) is 4.39 Å². The minimum absolute atomic E-state index is 0.251. The summed E-state index contributed by atoms with van der Waals surface area (Å²) in [5, 5.41) is 3.20. The molecule has 3 N–H and O–H groups in total. The summed E-state index contributed by atoms with van der Waals surface area (Å²) in [6, 6.07) is 4.42. The topological polar surface area (TPSA) is 38.0 Å². The van der Waals surface area contributed by atoms with Crippen LogP contribution in [-0.2, 0) is 0 Å². The van der Waals surface area contributed by atoms with Gasteiger partial charge in [0.2, 0.25) is 0 Å². The fraction of sp³-hybridized carbons (Fsp3) is 0.429. The van der Waals surface area contributed by atoms with Gasteiger partial charge in [-0.1, -0.05) is 11.6 Å². The van der Waals surface area contributed by atoms with Gasteiger partial charge in [0.15, 0.2) is 0 Å². The lowest BCUT2D eigenvalue weighted by molar-refractivity contribution is 0.628. The predicted molar refractivity (Wildman–Crippen MR) is 70.5 cm³/mol. The second-order valence-electron chi connectivity index (χ2n) is 4.52. The van der Waals surface area contributed by atoms with Gasteiger partial charge < -0.3 is 11.1 Å². The standard InChI is InChI=1S/C14H19FN2/c15-12-6-7-13(16)14(10-12)17-9-8-11-4-2-1-3-5-11/h4,6-7,10,17H,1-3,5,8-9,16H2. The van der Waals surface area contributed by atoms with E-state index in [1.165, 1.54) is 43.4 Å². The Bertz CT molecular complexity index is 413. The molecule has 0 saturated carbocycles. The molecule has 0 atom stereocenters. The SMILES string of the molecule is Nc1ccc(F)cc1NCCC1=CCCCC1. The summed E-state index contributed by atoms with van der Waals surface area (Å²) in [7, 11) is 0. The van der Waals surface area contributed by atoms with Crippen LogP contribution in [0.4, 0.5) is 15.8 Å². The molecule has 0 radical (unpaired) electrons. The molecule has 0 bridgehead atoms. The number of nitrogens with one attached hydrogen (secondary N) is 1. The molecule has 1 aromatic carbocycles. The van der Waals surface area contributed by atoms with E-state index >= 15 is 0 Å². The van der Waals surface area contributed by atoms with Gasteiger partial charge >= 0.3 is 0 Å². The highest BCUT2D eigenvalue weighted by molar-refractivity contribution is 5.65. The van der Waals surface area contributed by atoms with Crippen molar-refractivity contribution in [2.45, 2.75) is 32.1 Å². The monoisotopic (exact) mass is 234 g/mol. The van der Waals surface area contributed by atoms with Gasteiger partial charge in [0.05, 0.1) is 11.4 Å². The van der Waals surface area contributed by atoms with Crippen LogP contribution >= 0.6 is 0 Å². The van der Waals surface area contributed by atoms with Crippen LogP contribution < -0.4 is 11.1 Å². The molecule has 1 aliphatic rings. The first-order valence-corrected chi connectivity index (χ1v) is 6.22. The highest BCUT2D eigenvalue weighted by Gasteiger charge is 2.04. The lowest BCUT2D eigenvalue weighted by Crippen LogP contribution is -2.06. The van der Waals surface area contributed by atoms with Crippen LogP contribution in [-0.4, -0.2) is 6.54 Å². The molecule has 17 heavy (non-hydrogen) atoms. The van der Waals surface area contributed by atoms with E-state index < -0.39 is 0 Å². The molecular weight excluding hydrogens is 215 g/mol. The van der Waals surface area contributed by atoms with Crippen LogP contribution in [0.5, 0.6) is 0 Å². The third kappa shape index (κ3) is 3.48. The van der Waals surface area contributed by atoms with E-state index in [4.69, 9.17) is 5.73 Å². The van der Waals surface area contributed by atoms with Gasteiger partial charge in [-0.15, -0.1) is 0 Å². The number of allylic oxidation sites excluding steroid dienone is 1. The van der Waals surface area contributed by atoms with Crippen molar-refractivity contribution in [2.24, 2.45) is 0 Å². The number of benzene rings is 1. The quantitative estimate of drug-likeness (QED) is 0.615. The molecule has 0 spiro atoms. The van der Waals surface area contributed by atoms with E-state index in [-0.39, 0.29) is 5.82 Å². The number of nitrogen functional groups attached to an aromatic ring is 1. The predicted octanol–water partition coefficient (Wildman–Crippen LogP) is 3.71. The first-order chi connectivity index (χ1) is 8.25. The summed E-state index contributed by atoms with van der Waals surface area (Å²) in [5.74, 6) is -0.251. The molecule has 0 aromatic heterocycles. The van der Waals surface area contributed by atoms with E-state index in [0.29, 0.717) is 11.4 Å². The van der Waals surface area contributed by atoms with Gasteiger partial charge in [0.1, 0.15) is 5.82 Å². The van der Waals surface area contributed by atoms with Crippen LogP contribution in [0, 0.1) is 5.82 Å². The van der Waals surface area contributed by atoms with Crippen molar-refractivity contribution in [3.8, 4) is 0 Å². The van der Waals surface area contributed by atoms with Crippen molar-refractivity contribution in [3.63, 3.8) is 0 Å². The molecule has 2 rings (SSSR count). The second-order valence-corrected chi connectivity index (χ2v) is 4.52. The van der Waals surface area contributed by atoms with Crippen molar-refractivity contribution < 1.29 is 4.39 Å². The number of halogens is 1. The Kier molecular flexibility index (Phi) is 4.02. The minimum Gasteiger partial charge on any atom is -0.397 e. The molecule has 1 aromatic rings. The number of anilines is 2. The zero-order chi connectivity index (χ0) is 12.1. The van der Waals surface area contributed by atoms with Crippen LogP contribution in [0.2, 0.25) is 0 Å². The summed E-state index contributed by atoms with van der Waals surface area (Å²) < 4.78 is 13.0. The number of hydrogen-bond acceptors (Lipinski definition) is 2. The normalized spacial score (nSPS) is 15.5. The Morgan fingerprint density at radius 2 is 2.18 bits per heavy atom. The van der Waals surface area contributed by atoms with E-state index in [1.807, 2.05) is 0 Å². The summed E-state index contributed by atoms with van der Waals surface area (Å²) in [6.07, 6.45) is 8.38. The second kappa shape index (κ2) is 5.71. The number of hydrogen-bond donors (Lipinski definition) is 2. The van der Waals surface area contributed by atoms with Crippen molar-refractivity contribution in [1.82, 2.24) is 0 Å². The Balaban J connectivity index is 1.85. The van der Waals surface area contributed by atoms with E-state index in [0.717, 1.165) is 13.0 Å². The average molecular weight is 234 g/mol. The molecule has 0 unspecified atom stereocenters. The van der Waals surface area contributed by atoms with Gasteiger partial charge in [0, 0.05) is 6.54 Å². The van der Waals surface area contributed by atoms with Crippen LogP contribution in [0.15, 0.2) is 29.8 Å². The smallest absolute Gasteiger partial charge is 0.125 e. The van der Waals surface area contributed by atoms with Gasteiger partial charge in [-0.05, 0) is 50.3 Å². The highest BCUT2D eigenvalue weighted by atomic mass is 19.1. The maximum Gasteiger partial charge on any atom is 0.125 e. The number of nitrogens with two attached hydrogens (primary N) is 1. The summed E-state index contributed by atoms with van der Waals surface area (Å²) in [4.78, 5) is 0. The Hall–Kier alpha value is -1.51. The zero-order valence-corrected chi connectivity index (χ0v) is 10.0. The van der Waals surface area contributed by atoms with Crippen LogP contribution in [0.1, 0.15) is 32.1 Å². The van der Waals surface area contributed by atoms with Crippen molar-refractivity contribution >= 4 is 11.4 Å². The van der Waals surface area contributed by atoms with Gasteiger partial charge in [-0.2, -0.15) is 0 Å². The lowest BCUT2D eigenvalue weighted by atomic mass is 9.97. The maximum absolute atomic E-state index is 13.0. The molecule has 0 amide bonds. The van der Waals surface area contributed by atoms with Gasteiger partial charge in [0.25, 0.3) is 0 Å². The molecule has 92 valence electrons. The molecule has 0 aliphatic heterocycles. The molecular formula is C14H19FN2. The third-order valence-corrected chi connectivity index (χ3v) is 3.16. The molecule has 0 heterocycles. The number of rotatable bonds is 4. The van der Waals surface area contributed by atoms with E-state index in [9.17, 15) is 4.39 Å². The first kappa shape index (κ1) is 12.0. The summed E-state index contributed by atoms with van der Waals surface area (Å²) >= 11 is 0. The molecule has 0 fully saturated rings. The van der Waals surface area contributed by atoms with Gasteiger partial charge in [-0.3, -0.25) is 0 Å². The maximum atomic E-state index is 13.0. The summed E-state index contributed by atoms with van der Waals surface area (Å²) in [6.45, 7) is 0.819. The largest absolute Gasteiger partial charge is 0.397 e. The Morgan fingerprint density at radius 3 is 2.94 bits per heavy atom.